The minimum absolute atomic E-state index is 0.222. The molecule has 1 amide bonds. The Morgan fingerprint density at radius 1 is 1.11 bits per heavy atom. The summed E-state index contributed by atoms with van der Waals surface area (Å²) in [6, 6.07) is 0. The molecule has 3 N–H and O–H groups in total. The zero-order valence-electron chi connectivity index (χ0n) is 10.5. The van der Waals surface area contributed by atoms with Gasteiger partial charge in [-0.05, 0) is 19.3 Å². The summed E-state index contributed by atoms with van der Waals surface area (Å²) < 4.78 is 0. The van der Waals surface area contributed by atoms with Crippen molar-refractivity contribution in [2.75, 3.05) is 6.54 Å². The highest BCUT2D eigenvalue weighted by Crippen LogP contribution is 2.38. The van der Waals surface area contributed by atoms with Crippen LogP contribution in [0.1, 0.15) is 44.9 Å². The summed E-state index contributed by atoms with van der Waals surface area (Å²) in [7, 11) is 0. The molecule has 2 rings (SSSR count). The third-order valence-corrected chi connectivity index (χ3v) is 4.07. The molecule has 0 heterocycles. The molecular weight excluding hydrogens is 234 g/mol. The lowest BCUT2D eigenvalue weighted by atomic mass is 9.94. The lowest BCUT2D eigenvalue weighted by molar-refractivity contribution is -0.140. The van der Waals surface area contributed by atoms with Crippen LogP contribution in [-0.4, -0.2) is 34.2 Å². The summed E-state index contributed by atoms with van der Waals surface area (Å²) in [5.41, 5.74) is -0.792. The highest BCUT2D eigenvalue weighted by Gasteiger charge is 2.48. The quantitative estimate of drug-likeness (QED) is 0.652. The Balaban J connectivity index is 1.77. The Morgan fingerprint density at radius 3 is 2.22 bits per heavy atom. The first-order valence-electron chi connectivity index (χ1n) is 6.75. The number of aliphatic carboxylic acids is 1. The van der Waals surface area contributed by atoms with Crippen LogP contribution < -0.4 is 5.32 Å². The predicted octanol–water partition coefficient (Wildman–Crippen LogP) is 0.909. The number of aliphatic hydroxyl groups is 1. The Morgan fingerprint density at radius 2 is 1.72 bits per heavy atom. The molecule has 0 radical (unpaired) electrons. The molecule has 0 bridgehead atoms. The van der Waals surface area contributed by atoms with E-state index in [9.17, 15) is 14.7 Å². The van der Waals surface area contributed by atoms with Gasteiger partial charge in [-0.2, -0.15) is 0 Å². The Hall–Kier alpha value is -1.10. The first-order valence-corrected chi connectivity index (χ1v) is 6.75. The normalized spacial score (nSPS) is 30.3. The maximum absolute atomic E-state index is 11.7. The van der Waals surface area contributed by atoms with Crippen LogP contribution in [0.5, 0.6) is 0 Å². The topological polar surface area (TPSA) is 86.6 Å². The van der Waals surface area contributed by atoms with E-state index in [-0.39, 0.29) is 12.5 Å². The summed E-state index contributed by atoms with van der Waals surface area (Å²) in [6.45, 7) is 0.259. The maximum atomic E-state index is 11.7. The first kappa shape index (κ1) is 13.3. The molecule has 2 fully saturated rings. The van der Waals surface area contributed by atoms with Gasteiger partial charge in [-0.25, -0.2) is 0 Å². The van der Waals surface area contributed by atoms with Gasteiger partial charge >= 0.3 is 5.97 Å². The van der Waals surface area contributed by atoms with E-state index in [1.807, 2.05) is 0 Å². The van der Waals surface area contributed by atoms with Gasteiger partial charge in [0.25, 0.3) is 0 Å². The van der Waals surface area contributed by atoms with Crippen molar-refractivity contribution in [3.63, 3.8) is 0 Å². The zero-order chi connectivity index (χ0) is 13.2. The number of nitrogens with one attached hydrogen (secondary N) is 1. The molecule has 0 saturated heterocycles. The fourth-order valence-electron chi connectivity index (χ4n) is 2.70. The van der Waals surface area contributed by atoms with Crippen LogP contribution in [0.3, 0.4) is 0 Å². The highest BCUT2D eigenvalue weighted by molar-refractivity contribution is 5.89. The van der Waals surface area contributed by atoms with Crippen molar-refractivity contribution in [2.45, 2.75) is 50.5 Å². The monoisotopic (exact) mass is 255 g/mol. The summed E-state index contributed by atoms with van der Waals surface area (Å²) in [4.78, 5) is 22.4. The van der Waals surface area contributed by atoms with Crippen LogP contribution in [0.4, 0.5) is 0 Å². The van der Waals surface area contributed by atoms with E-state index in [4.69, 9.17) is 5.11 Å². The van der Waals surface area contributed by atoms with Crippen LogP contribution in [0.15, 0.2) is 0 Å². The standard InChI is InChI=1S/C13H21NO4/c15-11(9-7-10(9)12(16)17)14-8-13(18)5-3-1-2-4-6-13/h9-10,18H,1-8H2,(H,14,15)(H,16,17)/t9-,10+/m1/s1. The third kappa shape index (κ3) is 3.22. The summed E-state index contributed by atoms with van der Waals surface area (Å²) in [6.07, 6.45) is 6.14. The third-order valence-electron chi connectivity index (χ3n) is 4.07. The second-order valence-corrected chi connectivity index (χ2v) is 5.64. The molecule has 0 spiro atoms. The van der Waals surface area contributed by atoms with Gasteiger partial charge in [-0.15, -0.1) is 0 Å². The minimum atomic E-state index is -0.900. The number of carboxylic acids is 1. The molecule has 5 heteroatoms. The molecule has 18 heavy (non-hydrogen) atoms. The highest BCUT2D eigenvalue weighted by atomic mass is 16.4. The summed E-state index contributed by atoms with van der Waals surface area (Å²) in [5.74, 6) is -2.03. The smallest absolute Gasteiger partial charge is 0.307 e. The van der Waals surface area contributed by atoms with Crippen LogP contribution >= 0.6 is 0 Å². The van der Waals surface area contributed by atoms with E-state index in [0.29, 0.717) is 6.42 Å². The van der Waals surface area contributed by atoms with Crippen LogP contribution in [0, 0.1) is 11.8 Å². The maximum Gasteiger partial charge on any atom is 0.307 e. The van der Waals surface area contributed by atoms with E-state index >= 15 is 0 Å². The second-order valence-electron chi connectivity index (χ2n) is 5.64. The van der Waals surface area contributed by atoms with Crippen LogP contribution in [-0.2, 0) is 9.59 Å². The van der Waals surface area contributed by atoms with E-state index in [2.05, 4.69) is 5.32 Å². The van der Waals surface area contributed by atoms with Crippen molar-refractivity contribution < 1.29 is 19.8 Å². The predicted molar refractivity (Wildman–Crippen MR) is 64.9 cm³/mol. The van der Waals surface area contributed by atoms with Gasteiger partial charge in [0.1, 0.15) is 0 Å². The largest absolute Gasteiger partial charge is 0.481 e. The molecule has 0 aromatic carbocycles. The first-order chi connectivity index (χ1) is 8.52. The summed E-state index contributed by atoms with van der Waals surface area (Å²) >= 11 is 0. The van der Waals surface area contributed by atoms with E-state index in [0.717, 1.165) is 38.5 Å². The lowest BCUT2D eigenvalue weighted by Crippen LogP contribution is -2.43. The second kappa shape index (κ2) is 5.26. The van der Waals surface area contributed by atoms with Gasteiger partial charge in [-0.3, -0.25) is 9.59 Å². The van der Waals surface area contributed by atoms with Crippen molar-refractivity contribution in [3.8, 4) is 0 Å². The lowest BCUT2D eigenvalue weighted by Gasteiger charge is -2.26. The van der Waals surface area contributed by atoms with Crippen molar-refractivity contribution in [2.24, 2.45) is 11.8 Å². The molecule has 2 aliphatic carbocycles. The number of hydrogen-bond acceptors (Lipinski definition) is 3. The Kier molecular flexibility index (Phi) is 3.90. The van der Waals surface area contributed by atoms with Gasteiger partial charge in [0, 0.05) is 6.54 Å². The molecule has 5 nitrogen and oxygen atoms in total. The van der Waals surface area contributed by atoms with E-state index < -0.39 is 23.4 Å². The van der Waals surface area contributed by atoms with E-state index in [1.165, 1.54) is 0 Å². The van der Waals surface area contributed by atoms with E-state index in [1.54, 1.807) is 0 Å². The molecule has 0 aromatic rings. The van der Waals surface area contributed by atoms with Crippen LogP contribution in [0.25, 0.3) is 0 Å². The van der Waals surface area contributed by atoms with Gasteiger partial charge in [0.05, 0.1) is 17.4 Å². The van der Waals surface area contributed by atoms with Crippen molar-refractivity contribution in [1.29, 1.82) is 0 Å². The number of carbonyl (C=O) groups is 2. The number of carbonyl (C=O) groups excluding carboxylic acids is 1. The number of amides is 1. The fraction of sp³-hybridized carbons (Fsp3) is 0.846. The van der Waals surface area contributed by atoms with Gasteiger partial charge < -0.3 is 15.5 Å². The van der Waals surface area contributed by atoms with Crippen LogP contribution in [0.2, 0.25) is 0 Å². The molecule has 2 saturated carbocycles. The molecule has 2 atom stereocenters. The van der Waals surface area contributed by atoms with Crippen molar-refractivity contribution in [3.05, 3.63) is 0 Å². The molecular formula is C13H21NO4. The summed E-state index contributed by atoms with van der Waals surface area (Å²) in [5, 5.41) is 21.8. The molecule has 0 aromatic heterocycles. The fourth-order valence-corrected chi connectivity index (χ4v) is 2.70. The molecule has 0 unspecified atom stereocenters. The van der Waals surface area contributed by atoms with Crippen molar-refractivity contribution >= 4 is 11.9 Å². The van der Waals surface area contributed by atoms with Gasteiger partial charge in [0.2, 0.25) is 5.91 Å². The Bertz CT molecular complexity index is 334. The SMILES string of the molecule is O=C(O)[C@H]1C[C@H]1C(=O)NCC1(O)CCCCCC1. The average Bonchev–Trinajstić information content (AvgIpc) is 3.10. The number of hydrogen-bond donors (Lipinski definition) is 3. The molecule has 102 valence electrons. The Labute approximate surface area is 107 Å². The average molecular weight is 255 g/mol. The number of carboxylic acid groups (broad SMARTS) is 1. The molecule has 0 aliphatic heterocycles. The van der Waals surface area contributed by atoms with Crippen molar-refractivity contribution in [1.82, 2.24) is 5.32 Å². The molecule has 2 aliphatic rings. The zero-order valence-corrected chi connectivity index (χ0v) is 10.5. The minimum Gasteiger partial charge on any atom is -0.481 e. The number of rotatable bonds is 4. The van der Waals surface area contributed by atoms with Gasteiger partial charge in [0.15, 0.2) is 0 Å². The van der Waals surface area contributed by atoms with Gasteiger partial charge in [-0.1, -0.05) is 25.7 Å².